The molecule has 112 valence electrons. The van der Waals surface area contributed by atoms with Crippen LogP contribution in [0.3, 0.4) is 0 Å². The van der Waals surface area contributed by atoms with E-state index in [1.807, 2.05) is 19.2 Å². The van der Waals surface area contributed by atoms with Crippen LogP contribution in [0.1, 0.15) is 25.3 Å². The molecule has 5 nitrogen and oxygen atoms in total. The Balaban J connectivity index is 2.02. The molecule has 1 atom stereocenters. The SMILES string of the molecule is CCCNc1ncccc1CN(C)C1CCS(=O)(=O)C1. The molecule has 0 radical (unpaired) electrons. The van der Waals surface area contributed by atoms with Gasteiger partial charge in [-0.05, 0) is 26.0 Å². The fourth-order valence-corrected chi connectivity index (χ4v) is 4.29. The molecule has 2 rings (SSSR count). The highest BCUT2D eigenvalue weighted by molar-refractivity contribution is 7.91. The lowest BCUT2D eigenvalue weighted by Crippen LogP contribution is -2.32. The number of hydrogen-bond donors (Lipinski definition) is 1. The first-order chi connectivity index (χ1) is 9.52. The number of aromatic nitrogens is 1. The summed E-state index contributed by atoms with van der Waals surface area (Å²) in [5.74, 6) is 1.50. The van der Waals surface area contributed by atoms with Crippen LogP contribution in [0.5, 0.6) is 0 Å². The normalized spacial score (nSPS) is 21.2. The average Bonchev–Trinajstić information content (AvgIpc) is 2.78. The second-order valence-corrected chi connectivity index (χ2v) is 7.64. The summed E-state index contributed by atoms with van der Waals surface area (Å²) in [5.41, 5.74) is 1.12. The topological polar surface area (TPSA) is 62.3 Å². The zero-order chi connectivity index (χ0) is 14.6. The smallest absolute Gasteiger partial charge is 0.151 e. The molecule has 2 heterocycles. The maximum Gasteiger partial charge on any atom is 0.151 e. The average molecular weight is 297 g/mol. The van der Waals surface area contributed by atoms with Crippen molar-refractivity contribution in [3.05, 3.63) is 23.9 Å². The van der Waals surface area contributed by atoms with Crippen LogP contribution >= 0.6 is 0 Å². The van der Waals surface area contributed by atoms with Gasteiger partial charge in [0, 0.05) is 30.9 Å². The molecule has 0 spiro atoms. The largest absolute Gasteiger partial charge is 0.370 e. The highest BCUT2D eigenvalue weighted by Gasteiger charge is 2.30. The number of hydrogen-bond acceptors (Lipinski definition) is 5. The van der Waals surface area contributed by atoms with Gasteiger partial charge in [-0.2, -0.15) is 0 Å². The fourth-order valence-electron chi connectivity index (χ4n) is 2.49. The van der Waals surface area contributed by atoms with Crippen molar-refractivity contribution in [3.8, 4) is 0 Å². The first kappa shape index (κ1) is 15.3. The molecule has 20 heavy (non-hydrogen) atoms. The number of rotatable bonds is 6. The molecule has 1 saturated heterocycles. The zero-order valence-corrected chi connectivity index (χ0v) is 13.0. The zero-order valence-electron chi connectivity index (χ0n) is 12.2. The third-order valence-electron chi connectivity index (χ3n) is 3.69. The van der Waals surface area contributed by atoms with Gasteiger partial charge in [-0.3, -0.25) is 4.90 Å². The Morgan fingerprint density at radius 2 is 2.30 bits per heavy atom. The molecule has 0 aliphatic carbocycles. The summed E-state index contributed by atoms with van der Waals surface area (Å²) in [6.07, 6.45) is 3.56. The summed E-state index contributed by atoms with van der Waals surface area (Å²) >= 11 is 0. The van der Waals surface area contributed by atoms with Gasteiger partial charge in [0.1, 0.15) is 5.82 Å². The van der Waals surface area contributed by atoms with Crippen LogP contribution in [0.2, 0.25) is 0 Å². The Kier molecular flexibility index (Phi) is 4.99. The first-order valence-electron chi connectivity index (χ1n) is 7.10. The van der Waals surface area contributed by atoms with Crippen LogP contribution in [0.25, 0.3) is 0 Å². The highest BCUT2D eigenvalue weighted by atomic mass is 32.2. The van der Waals surface area contributed by atoms with Crippen LogP contribution < -0.4 is 5.32 Å². The Hall–Kier alpha value is -1.14. The second-order valence-electron chi connectivity index (χ2n) is 5.41. The second kappa shape index (κ2) is 6.54. The molecule has 1 fully saturated rings. The summed E-state index contributed by atoms with van der Waals surface area (Å²) in [4.78, 5) is 6.49. The Morgan fingerprint density at radius 1 is 1.50 bits per heavy atom. The third kappa shape index (κ3) is 3.93. The summed E-state index contributed by atoms with van der Waals surface area (Å²) in [6.45, 7) is 3.73. The molecule has 1 unspecified atom stereocenters. The van der Waals surface area contributed by atoms with E-state index in [-0.39, 0.29) is 11.8 Å². The maximum atomic E-state index is 11.6. The van der Waals surface area contributed by atoms with E-state index in [2.05, 4.69) is 22.1 Å². The minimum atomic E-state index is -2.83. The molecule has 0 bridgehead atoms. The molecule has 0 saturated carbocycles. The molecule has 0 amide bonds. The molecule has 1 aromatic heterocycles. The van der Waals surface area contributed by atoms with Crippen LogP contribution in [0.15, 0.2) is 18.3 Å². The predicted octanol–water partition coefficient (Wildman–Crippen LogP) is 1.52. The van der Waals surface area contributed by atoms with E-state index in [0.29, 0.717) is 5.75 Å². The monoisotopic (exact) mass is 297 g/mol. The van der Waals surface area contributed by atoms with Crippen LogP contribution in [-0.2, 0) is 16.4 Å². The number of anilines is 1. The quantitative estimate of drug-likeness (QED) is 0.862. The molecular formula is C14H23N3O2S. The third-order valence-corrected chi connectivity index (χ3v) is 5.44. The molecule has 1 aromatic rings. The van der Waals surface area contributed by atoms with Gasteiger partial charge in [0.2, 0.25) is 0 Å². The summed E-state index contributed by atoms with van der Waals surface area (Å²) in [6, 6.07) is 4.09. The lowest BCUT2D eigenvalue weighted by atomic mass is 10.2. The van der Waals surface area contributed by atoms with Crippen molar-refractivity contribution in [1.82, 2.24) is 9.88 Å². The molecular weight excluding hydrogens is 274 g/mol. The van der Waals surface area contributed by atoms with Crippen LogP contribution in [0, 0.1) is 0 Å². The minimum absolute atomic E-state index is 0.124. The predicted molar refractivity (Wildman–Crippen MR) is 81.5 cm³/mol. The van der Waals surface area contributed by atoms with E-state index >= 15 is 0 Å². The van der Waals surface area contributed by atoms with Crippen LogP contribution in [-0.4, -0.2) is 49.4 Å². The van der Waals surface area contributed by atoms with Gasteiger partial charge in [-0.1, -0.05) is 13.0 Å². The van der Waals surface area contributed by atoms with Crippen molar-refractivity contribution >= 4 is 15.7 Å². The van der Waals surface area contributed by atoms with Gasteiger partial charge in [-0.15, -0.1) is 0 Å². The van der Waals surface area contributed by atoms with E-state index in [4.69, 9.17) is 0 Å². The Labute approximate surface area is 121 Å². The highest BCUT2D eigenvalue weighted by Crippen LogP contribution is 2.20. The minimum Gasteiger partial charge on any atom is -0.370 e. The van der Waals surface area contributed by atoms with E-state index in [1.54, 1.807) is 6.20 Å². The lowest BCUT2D eigenvalue weighted by Gasteiger charge is -2.24. The van der Waals surface area contributed by atoms with Crippen molar-refractivity contribution in [2.45, 2.75) is 32.4 Å². The fraction of sp³-hybridized carbons (Fsp3) is 0.643. The summed E-state index contributed by atoms with van der Waals surface area (Å²) < 4.78 is 23.1. The standard InChI is InChI=1S/C14H23N3O2S/c1-3-7-15-14-12(5-4-8-16-14)10-17(2)13-6-9-20(18,19)11-13/h4-5,8,13H,3,6-7,9-11H2,1-2H3,(H,15,16). The lowest BCUT2D eigenvalue weighted by molar-refractivity contribution is 0.254. The van der Waals surface area contributed by atoms with E-state index in [9.17, 15) is 8.42 Å². The van der Waals surface area contributed by atoms with Crippen molar-refractivity contribution in [3.63, 3.8) is 0 Å². The van der Waals surface area contributed by atoms with Gasteiger partial charge in [0.15, 0.2) is 9.84 Å². The van der Waals surface area contributed by atoms with Crippen molar-refractivity contribution in [1.29, 1.82) is 0 Å². The van der Waals surface area contributed by atoms with Crippen LogP contribution in [0.4, 0.5) is 5.82 Å². The Bertz CT molecular complexity index is 545. The van der Waals surface area contributed by atoms with E-state index < -0.39 is 9.84 Å². The molecule has 1 N–H and O–H groups in total. The number of sulfone groups is 1. The number of nitrogens with zero attached hydrogens (tertiary/aromatic N) is 2. The molecule has 6 heteroatoms. The van der Waals surface area contributed by atoms with Crippen molar-refractivity contribution in [2.75, 3.05) is 30.4 Å². The van der Waals surface area contributed by atoms with Gasteiger partial charge >= 0.3 is 0 Å². The van der Waals surface area contributed by atoms with Gasteiger partial charge in [0.25, 0.3) is 0 Å². The van der Waals surface area contributed by atoms with E-state index in [0.717, 1.165) is 37.3 Å². The van der Waals surface area contributed by atoms with Crippen molar-refractivity contribution in [2.24, 2.45) is 0 Å². The van der Waals surface area contributed by atoms with E-state index in [1.165, 1.54) is 0 Å². The maximum absolute atomic E-state index is 11.6. The molecule has 0 aromatic carbocycles. The van der Waals surface area contributed by atoms with Crippen molar-refractivity contribution < 1.29 is 8.42 Å². The molecule has 1 aliphatic heterocycles. The number of nitrogens with one attached hydrogen (secondary N) is 1. The Morgan fingerprint density at radius 3 is 2.95 bits per heavy atom. The van der Waals surface area contributed by atoms with Gasteiger partial charge in [0.05, 0.1) is 11.5 Å². The van der Waals surface area contributed by atoms with Gasteiger partial charge in [-0.25, -0.2) is 13.4 Å². The summed E-state index contributed by atoms with van der Waals surface area (Å²) in [5, 5.41) is 3.32. The number of pyridine rings is 1. The van der Waals surface area contributed by atoms with Gasteiger partial charge < -0.3 is 5.32 Å². The summed E-state index contributed by atoms with van der Waals surface area (Å²) in [7, 11) is -0.842. The first-order valence-corrected chi connectivity index (χ1v) is 8.92. The molecule has 1 aliphatic rings.